The number of thiophene rings is 1. The molecule has 0 aliphatic rings. The van der Waals surface area contributed by atoms with Gasteiger partial charge in [0, 0.05) is 12.4 Å². The Morgan fingerprint density at radius 2 is 1.88 bits per heavy atom. The number of nitrogens with zero attached hydrogens (tertiary/aromatic N) is 3. The Hall–Kier alpha value is -3.69. The summed E-state index contributed by atoms with van der Waals surface area (Å²) in [5.74, 6) is 0.849. The number of benzene rings is 2. The molecule has 0 unspecified atom stereocenters. The van der Waals surface area contributed by atoms with Gasteiger partial charge in [0.25, 0.3) is 0 Å². The first-order chi connectivity index (χ1) is 16.6. The van der Waals surface area contributed by atoms with Gasteiger partial charge in [-0.15, -0.1) is 22.7 Å². The summed E-state index contributed by atoms with van der Waals surface area (Å²) < 4.78 is 18.0. The molecule has 0 N–H and O–H groups in total. The van der Waals surface area contributed by atoms with E-state index in [-0.39, 0.29) is 5.97 Å². The van der Waals surface area contributed by atoms with Crippen LogP contribution in [-0.2, 0) is 11.3 Å². The molecule has 7 nitrogen and oxygen atoms in total. The van der Waals surface area contributed by atoms with Crippen LogP contribution in [0.3, 0.4) is 0 Å². The Morgan fingerprint density at radius 3 is 2.56 bits per heavy atom. The molecule has 0 bridgehead atoms. The van der Waals surface area contributed by atoms with Crippen LogP contribution in [0.1, 0.15) is 21.5 Å². The first-order valence-corrected chi connectivity index (χ1v) is 12.1. The van der Waals surface area contributed by atoms with Gasteiger partial charge in [-0.05, 0) is 52.9 Å². The van der Waals surface area contributed by atoms with Gasteiger partial charge in [0.2, 0.25) is 4.80 Å². The fraction of sp³-hybridized carbons (Fsp3) is 0.160. The molecule has 34 heavy (non-hydrogen) atoms. The lowest BCUT2D eigenvalue weighted by molar-refractivity contribution is 0.0600. The number of rotatable bonds is 8. The molecule has 2 aromatic heterocycles. The van der Waals surface area contributed by atoms with Crippen LogP contribution in [0.4, 0.5) is 0 Å². The summed E-state index contributed by atoms with van der Waals surface area (Å²) >= 11 is 3.21. The standard InChI is InChI=1S/C25H23N3O4S2/c1-26-25-28(20(16-34-25)23-5-4-12-33-23)27-14-18-8-11-21(22(13-18)30-2)32-15-17-6-9-19(10-7-17)24(29)31-3/h4-14,16H,15H2,1-3H3. The number of thiazole rings is 1. The van der Waals surface area contributed by atoms with Crippen molar-refractivity contribution in [1.82, 2.24) is 4.68 Å². The van der Waals surface area contributed by atoms with E-state index in [1.807, 2.05) is 46.5 Å². The molecule has 174 valence electrons. The lowest BCUT2D eigenvalue weighted by atomic mass is 10.1. The van der Waals surface area contributed by atoms with E-state index in [1.54, 1.807) is 55.2 Å². The predicted molar refractivity (Wildman–Crippen MR) is 135 cm³/mol. The Kier molecular flexibility index (Phi) is 7.56. The Labute approximate surface area is 205 Å². The van der Waals surface area contributed by atoms with Gasteiger partial charge >= 0.3 is 5.97 Å². The fourth-order valence-electron chi connectivity index (χ4n) is 3.18. The van der Waals surface area contributed by atoms with E-state index in [9.17, 15) is 4.79 Å². The fourth-order valence-corrected chi connectivity index (χ4v) is 4.78. The van der Waals surface area contributed by atoms with Gasteiger partial charge in [-0.25, -0.2) is 9.47 Å². The second kappa shape index (κ2) is 11.0. The summed E-state index contributed by atoms with van der Waals surface area (Å²) in [7, 11) is 4.72. The molecule has 2 aromatic carbocycles. The number of methoxy groups -OCH3 is 2. The zero-order chi connectivity index (χ0) is 23.9. The van der Waals surface area contributed by atoms with E-state index < -0.39 is 0 Å². The van der Waals surface area contributed by atoms with E-state index in [1.165, 1.54) is 7.11 Å². The number of ether oxygens (including phenoxy) is 3. The average Bonchev–Trinajstić information content (AvgIpc) is 3.55. The molecule has 4 rings (SSSR count). The first kappa shape index (κ1) is 23.5. The van der Waals surface area contributed by atoms with Crippen molar-refractivity contribution in [3.05, 3.63) is 86.8 Å². The van der Waals surface area contributed by atoms with Crippen molar-refractivity contribution in [1.29, 1.82) is 0 Å². The van der Waals surface area contributed by atoms with Crippen molar-refractivity contribution in [3.8, 4) is 22.1 Å². The Balaban J connectivity index is 1.50. The molecule has 2 heterocycles. The Bertz CT molecular complexity index is 1350. The molecular formula is C25H23N3O4S2. The largest absolute Gasteiger partial charge is 0.493 e. The van der Waals surface area contributed by atoms with Crippen LogP contribution >= 0.6 is 22.7 Å². The van der Waals surface area contributed by atoms with Crippen molar-refractivity contribution in [2.75, 3.05) is 21.3 Å². The molecule has 0 spiro atoms. The highest BCUT2D eigenvalue weighted by Crippen LogP contribution is 2.29. The van der Waals surface area contributed by atoms with Crippen molar-refractivity contribution in [3.63, 3.8) is 0 Å². The summed E-state index contributed by atoms with van der Waals surface area (Å²) in [6.45, 7) is 0.335. The summed E-state index contributed by atoms with van der Waals surface area (Å²) in [5, 5.41) is 8.77. The molecule has 0 fully saturated rings. The zero-order valence-corrected chi connectivity index (χ0v) is 20.6. The van der Waals surface area contributed by atoms with E-state index >= 15 is 0 Å². The highest BCUT2D eigenvalue weighted by molar-refractivity contribution is 7.14. The first-order valence-electron chi connectivity index (χ1n) is 10.3. The van der Waals surface area contributed by atoms with Crippen LogP contribution in [0.5, 0.6) is 11.5 Å². The van der Waals surface area contributed by atoms with Crippen molar-refractivity contribution < 1.29 is 19.0 Å². The number of hydrogen-bond donors (Lipinski definition) is 0. The Morgan fingerprint density at radius 1 is 1.06 bits per heavy atom. The molecule has 0 saturated carbocycles. The van der Waals surface area contributed by atoms with E-state index in [0.29, 0.717) is 23.7 Å². The van der Waals surface area contributed by atoms with Crippen LogP contribution in [0.2, 0.25) is 0 Å². The zero-order valence-electron chi connectivity index (χ0n) is 18.9. The molecule has 0 aliphatic heterocycles. The quantitative estimate of drug-likeness (QED) is 0.254. The van der Waals surface area contributed by atoms with Crippen LogP contribution in [0.25, 0.3) is 10.6 Å². The average molecular weight is 494 g/mol. The normalized spacial score (nSPS) is 11.7. The third-order valence-corrected chi connectivity index (χ3v) is 6.73. The maximum atomic E-state index is 11.6. The molecule has 4 aromatic rings. The second-order valence-electron chi connectivity index (χ2n) is 7.05. The van der Waals surface area contributed by atoms with Gasteiger partial charge < -0.3 is 14.2 Å². The third kappa shape index (κ3) is 5.27. The monoisotopic (exact) mass is 493 g/mol. The van der Waals surface area contributed by atoms with Crippen molar-refractivity contribution >= 4 is 34.9 Å². The van der Waals surface area contributed by atoms with E-state index in [4.69, 9.17) is 14.2 Å². The van der Waals surface area contributed by atoms with Gasteiger partial charge in [0.1, 0.15) is 6.61 Å². The van der Waals surface area contributed by atoms with Crippen LogP contribution in [0, 0.1) is 0 Å². The minimum atomic E-state index is -0.366. The van der Waals surface area contributed by atoms with Crippen molar-refractivity contribution in [2.24, 2.45) is 10.1 Å². The maximum absolute atomic E-state index is 11.6. The topological polar surface area (TPSA) is 74.4 Å². The summed E-state index contributed by atoms with van der Waals surface area (Å²) in [4.78, 5) is 17.9. The SMILES string of the molecule is CN=c1scc(-c2cccs2)n1N=Cc1ccc(OCc2ccc(C(=O)OC)cc2)c(OC)c1. The van der Waals surface area contributed by atoms with Gasteiger partial charge in [0.15, 0.2) is 11.5 Å². The van der Waals surface area contributed by atoms with E-state index in [0.717, 1.165) is 26.5 Å². The van der Waals surface area contributed by atoms with Crippen LogP contribution in [0.15, 0.2) is 75.5 Å². The lowest BCUT2D eigenvalue weighted by Crippen LogP contribution is -2.11. The molecule has 0 saturated heterocycles. The minimum absolute atomic E-state index is 0.335. The van der Waals surface area contributed by atoms with E-state index in [2.05, 4.69) is 21.5 Å². The van der Waals surface area contributed by atoms with Gasteiger partial charge in [-0.2, -0.15) is 5.10 Å². The minimum Gasteiger partial charge on any atom is -0.493 e. The van der Waals surface area contributed by atoms with Crippen molar-refractivity contribution in [2.45, 2.75) is 6.61 Å². The second-order valence-corrected chi connectivity index (χ2v) is 8.83. The number of carbonyl (C=O) groups is 1. The smallest absolute Gasteiger partial charge is 0.337 e. The van der Waals surface area contributed by atoms with Gasteiger partial charge in [0.05, 0.1) is 36.6 Å². The molecule has 0 amide bonds. The molecular weight excluding hydrogens is 470 g/mol. The summed E-state index contributed by atoms with van der Waals surface area (Å²) in [6.07, 6.45) is 1.77. The highest BCUT2D eigenvalue weighted by Gasteiger charge is 2.10. The summed E-state index contributed by atoms with van der Waals surface area (Å²) in [6, 6.07) is 16.8. The number of hydrogen-bond acceptors (Lipinski definition) is 8. The number of carbonyl (C=O) groups excluding carboxylic acids is 1. The third-order valence-electron chi connectivity index (χ3n) is 4.93. The van der Waals surface area contributed by atoms with Crippen LogP contribution in [-0.4, -0.2) is 38.1 Å². The van der Waals surface area contributed by atoms with Crippen LogP contribution < -0.4 is 14.3 Å². The maximum Gasteiger partial charge on any atom is 0.337 e. The predicted octanol–water partition coefficient (Wildman–Crippen LogP) is 5.07. The summed E-state index contributed by atoms with van der Waals surface area (Å²) in [5.41, 5.74) is 3.29. The molecule has 0 radical (unpaired) electrons. The lowest BCUT2D eigenvalue weighted by Gasteiger charge is -2.11. The number of aromatic nitrogens is 1. The van der Waals surface area contributed by atoms with Gasteiger partial charge in [-0.3, -0.25) is 4.99 Å². The molecule has 9 heteroatoms. The molecule has 0 atom stereocenters. The van der Waals surface area contributed by atoms with Gasteiger partial charge in [-0.1, -0.05) is 18.2 Å². The highest BCUT2D eigenvalue weighted by atomic mass is 32.1. The molecule has 0 aliphatic carbocycles. The number of esters is 1.